The number of thioether (sulfide) groups is 1. The van der Waals surface area contributed by atoms with Crippen molar-refractivity contribution >= 4 is 63.2 Å². The molecular formula is C23H23IN2O5S. The number of methoxy groups -OCH3 is 1. The maximum Gasteiger partial charge on any atom is 0.294 e. The van der Waals surface area contributed by atoms with E-state index in [1.54, 1.807) is 19.3 Å². The van der Waals surface area contributed by atoms with Crippen molar-refractivity contribution in [2.45, 2.75) is 20.8 Å². The van der Waals surface area contributed by atoms with Gasteiger partial charge >= 0.3 is 0 Å². The van der Waals surface area contributed by atoms with Crippen molar-refractivity contribution in [1.29, 1.82) is 0 Å². The molecule has 1 saturated heterocycles. The fraction of sp³-hybridized carbons (Fsp3) is 0.261. The van der Waals surface area contributed by atoms with Gasteiger partial charge in [-0.05, 0) is 96.1 Å². The smallest absolute Gasteiger partial charge is 0.294 e. The Labute approximate surface area is 204 Å². The summed E-state index contributed by atoms with van der Waals surface area (Å²) in [7, 11) is 1.54. The summed E-state index contributed by atoms with van der Waals surface area (Å²) in [4.78, 5) is 38.9. The largest absolute Gasteiger partial charge is 0.493 e. The van der Waals surface area contributed by atoms with Gasteiger partial charge in [0.05, 0.1) is 22.2 Å². The maximum atomic E-state index is 12.8. The SMILES string of the molecule is CCOc1c(I)cc(/C=C2/SC(=O)N(CC(=O)Nc3cc(C)ccc3C)C2=O)cc1OC. The molecule has 0 unspecified atom stereocenters. The highest BCUT2D eigenvalue weighted by Gasteiger charge is 2.36. The lowest BCUT2D eigenvalue weighted by molar-refractivity contribution is -0.127. The normalized spacial score (nSPS) is 14.8. The lowest BCUT2D eigenvalue weighted by atomic mass is 10.1. The molecule has 0 atom stereocenters. The summed E-state index contributed by atoms with van der Waals surface area (Å²) >= 11 is 2.94. The van der Waals surface area contributed by atoms with Crippen molar-refractivity contribution in [3.63, 3.8) is 0 Å². The quantitative estimate of drug-likeness (QED) is 0.376. The molecule has 0 radical (unpaired) electrons. The maximum absolute atomic E-state index is 12.8. The van der Waals surface area contributed by atoms with E-state index >= 15 is 0 Å². The first-order chi connectivity index (χ1) is 15.2. The molecule has 0 aromatic heterocycles. The van der Waals surface area contributed by atoms with Crippen LogP contribution < -0.4 is 14.8 Å². The Balaban J connectivity index is 1.77. The van der Waals surface area contributed by atoms with E-state index < -0.39 is 17.1 Å². The van der Waals surface area contributed by atoms with Crippen molar-refractivity contribution < 1.29 is 23.9 Å². The lowest BCUT2D eigenvalue weighted by Crippen LogP contribution is -2.36. The first-order valence-electron chi connectivity index (χ1n) is 9.86. The Morgan fingerprint density at radius 2 is 1.97 bits per heavy atom. The highest BCUT2D eigenvalue weighted by molar-refractivity contribution is 14.1. The highest BCUT2D eigenvalue weighted by Crippen LogP contribution is 2.37. The summed E-state index contributed by atoms with van der Waals surface area (Å²) in [6, 6.07) is 9.29. The van der Waals surface area contributed by atoms with E-state index in [0.717, 1.165) is 31.4 Å². The minimum atomic E-state index is -0.501. The molecular weight excluding hydrogens is 543 g/mol. The summed E-state index contributed by atoms with van der Waals surface area (Å²) in [5.41, 5.74) is 3.26. The number of carbonyl (C=O) groups excluding carboxylic acids is 3. The average Bonchev–Trinajstić information content (AvgIpc) is 2.99. The Bertz CT molecular complexity index is 1120. The molecule has 1 aliphatic rings. The monoisotopic (exact) mass is 566 g/mol. The van der Waals surface area contributed by atoms with Crippen molar-refractivity contribution in [2.24, 2.45) is 0 Å². The van der Waals surface area contributed by atoms with E-state index in [1.807, 2.05) is 45.0 Å². The zero-order valence-corrected chi connectivity index (χ0v) is 21.1. The summed E-state index contributed by atoms with van der Waals surface area (Å²) in [5, 5.41) is 2.30. The van der Waals surface area contributed by atoms with Gasteiger partial charge in [-0.15, -0.1) is 0 Å². The second kappa shape index (κ2) is 10.4. The van der Waals surface area contributed by atoms with Gasteiger partial charge in [0, 0.05) is 5.69 Å². The van der Waals surface area contributed by atoms with Crippen LogP contribution >= 0.6 is 34.4 Å². The molecule has 3 rings (SSSR count). The van der Waals surface area contributed by atoms with Crippen LogP contribution in [0, 0.1) is 17.4 Å². The van der Waals surface area contributed by atoms with Gasteiger partial charge in [-0.1, -0.05) is 12.1 Å². The minimum absolute atomic E-state index is 0.247. The zero-order valence-electron chi connectivity index (χ0n) is 18.2. The molecule has 1 N–H and O–H groups in total. The number of rotatable bonds is 7. The van der Waals surface area contributed by atoms with Gasteiger partial charge in [-0.2, -0.15) is 0 Å². The van der Waals surface area contributed by atoms with E-state index in [4.69, 9.17) is 9.47 Å². The van der Waals surface area contributed by atoms with E-state index in [1.165, 1.54) is 0 Å². The van der Waals surface area contributed by atoms with Crippen LogP contribution in [0.2, 0.25) is 0 Å². The second-order valence-corrected chi connectivity index (χ2v) is 9.26. The van der Waals surface area contributed by atoms with Gasteiger partial charge in [0.25, 0.3) is 11.1 Å². The van der Waals surface area contributed by atoms with Crippen LogP contribution in [0.3, 0.4) is 0 Å². The number of anilines is 1. The predicted octanol–water partition coefficient (Wildman–Crippen LogP) is 4.99. The number of nitrogens with zero attached hydrogens (tertiary/aromatic N) is 1. The molecule has 0 spiro atoms. The van der Waals surface area contributed by atoms with E-state index in [2.05, 4.69) is 27.9 Å². The van der Waals surface area contributed by atoms with Crippen LogP contribution in [0.4, 0.5) is 10.5 Å². The number of aryl methyl sites for hydroxylation is 2. The summed E-state index contributed by atoms with van der Waals surface area (Å²) in [5.74, 6) is 0.236. The number of nitrogens with one attached hydrogen (secondary N) is 1. The molecule has 32 heavy (non-hydrogen) atoms. The van der Waals surface area contributed by atoms with Crippen molar-refractivity contribution in [1.82, 2.24) is 4.90 Å². The molecule has 0 saturated carbocycles. The summed E-state index contributed by atoms with van der Waals surface area (Å²) < 4.78 is 11.8. The molecule has 0 bridgehead atoms. The Morgan fingerprint density at radius 3 is 2.66 bits per heavy atom. The number of imide groups is 1. The van der Waals surface area contributed by atoms with Crippen LogP contribution in [-0.2, 0) is 9.59 Å². The molecule has 7 nitrogen and oxygen atoms in total. The van der Waals surface area contributed by atoms with Crippen molar-refractivity contribution in [3.8, 4) is 11.5 Å². The number of amides is 3. The van der Waals surface area contributed by atoms with Crippen LogP contribution in [0.25, 0.3) is 6.08 Å². The van der Waals surface area contributed by atoms with Gasteiger partial charge in [-0.3, -0.25) is 19.3 Å². The number of hydrogen-bond donors (Lipinski definition) is 1. The van der Waals surface area contributed by atoms with Crippen LogP contribution in [0.15, 0.2) is 35.2 Å². The fourth-order valence-electron chi connectivity index (χ4n) is 3.10. The van der Waals surface area contributed by atoms with Gasteiger partial charge < -0.3 is 14.8 Å². The first-order valence-corrected chi connectivity index (χ1v) is 11.8. The van der Waals surface area contributed by atoms with Crippen molar-refractivity contribution in [2.75, 3.05) is 25.6 Å². The standard InChI is InChI=1S/C23H23IN2O5S/c1-5-31-21-16(24)9-15(10-18(21)30-4)11-19-22(28)26(23(29)32-19)12-20(27)25-17-8-13(2)6-7-14(17)3/h6-11H,5,12H2,1-4H3,(H,25,27)/b19-11+. The third-order valence-corrected chi connectivity index (χ3v) is 6.39. The average molecular weight is 566 g/mol. The van der Waals surface area contributed by atoms with Crippen LogP contribution in [-0.4, -0.2) is 42.2 Å². The molecule has 2 aromatic carbocycles. The predicted molar refractivity (Wildman–Crippen MR) is 134 cm³/mol. The highest BCUT2D eigenvalue weighted by atomic mass is 127. The molecule has 0 aliphatic carbocycles. The Kier molecular flexibility index (Phi) is 7.83. The lowest BCUT2D eigenvalue weighted by Gasteiger charge is -2.14. The van der Waals surface area contributed by atoms with Gasteiger partial charge in [-0.25, -0.2) is 0 Å². The molecule has 3 amide bonds. The number of halogens is 1. The van der Waals surface area contributed by atoms with E-state index in [9.17, 15) is 14.4 Å². The van der Waals surface area contributed by atoms with Crippen LogP contribution in [0.5, 0.6) is 11.5 Å². The number of carbonyl (C=O) groups is 3. The topological polar surface area (TPSA) is 84.9 Å². The molecule has 1 fully saturated rings. The fourth-order valence-corrected chi connectivity index (χ4v) is 4.72. The Morgan fingerprint density at radius 1 is 1.22 bits per heavy atom. The third kappa shape index (κ3) is 5.44. The van der Waals surface area contributed by atoms with Gasteiger partial charge in [0.15, 0.2) is 11.5 Å². The van der Waals surface area contributed by atoms with Gasteiger partial charge in [0.1, 0.15) is 6.54 Å². The summed E-state index contributed by atoms with van der Waals surface area (Å²) in [6.07, 6.45) is 1.62. The minimum Gasteiger partial charge on any atom is -0.493 e. The number of ether oxygens (including phenoxy) is 2. The Hall–Kier alpha value is -2.53. The third-order valence-electron chi connectivity index (χ3n) is 4.68. The zero-order chi connectivity index (χ0) is 23.4. The first kappa shape index (κ1) is 24.1. The molecule has 2 aromatic rings. The molecule has 168 valence electrons. The van der Waals surface area contributed by atoms with Gasteiger partial charge in [0.2, 0.25) is 5.91 Å². The number of hydrogen-bond acceptors (Lipinski definition) is 6. The summed E-state index contributed by atoms with van der Waals surface area (Å²) in [6.45, 7) is 5.84. The number of benzene rings is 2. The van der Waals surface area contributed by atoms with Crippen molar-refractivity contribution in [3.05, 3.63) is 55.5 Å². The van der Waals surface area contributed by atoms with E-state index in [-0.39, 0.29) is 11.4 Å². The molecule has 1 heterocycles. The molecule has 1 aliphatic heterocycles. The van der Waals surface area contributed by atoms with Crippen LogP contribution in [0.1, 0.15) is 23.6 Å². The molecule has 9 heteroatoms. The van der Waals surface area contributed by atoms with E-state index in [0.29, 0.717) is 29.4 Å². The second-order valence-electron chi connectivity index (χ2n) is 7.10.